The lowest BCUT2D eigenvalue weighted by Gasteiger charge is -2.34. The standard InChI is InChI=1S/C15H19NO5/c1-10-4-3-5-12(8-10)21-11(2)14(17)16-6-7-20-9-13(16)15(18)19/h3-5,8,11,13H,6-7,9H2,1-2H3,(H,18,19)/t11-,13-/m1/s1. The number of nitrogens with zero attached hydrogens (tertiary/aromatic N) is 1. The highest BCUT2D eigenvalue weighted by atomic mass is 16.5. The van der Waals surface area contributed by atoms with Gasteiger partial charge in [-0.2, -0.15) is 0 Å². The first-order valence-electron chi connectivity index (χ1n) is 6.83. The molecule has 0 unspecified atom stereocenters. The van der Waals surface area contributed by atoms with E-state index in [4.69, 9.17) is 14.6 Å². The van der Waals surface area contributed by atoms with Crippen LogP contribution in [0, 0.1) is 6.92 Å². The summed E-state index contributed by atoms with van der Waals surface area (Å²) in [5.74, 6) is -0.811. The molecular weight excluding hydrogens is 274 g/mol. The molecule has 21 heavy (non-hydrogen) atoms. The SMILES string of the molecule is Cc1cccc(O[C@H](C)C(=O)N2CCOC[C@@H]2C(=O)O)c1. The van der Waals surface area contributed by atoms with Gasteiger partial charge >= 0.3 is 5.97 Å². The molecule has 2 rings (SSSR count). The summed E-state index contributed by atoms with van der Waals surface area (Å²) in [5, 5.41) is 9.15. The average molecular weight is 293 g/mol. The second-order valence-corrected chi connectivity index (χ2v) is 5.04. The number of benzene rings is 1. The van der Waals surface area contributed by atoms with Gasteiger partial charge in [-0.15, -0.1) is 0 Å². The monoisotopic (exact) mass is 293 g/mol. The highest BCUT2D eigenvalue weighted by molar-refractivity contribution is 5.86. The Morgan fingerprint density at radius 3 is 2.90 bits per heavy atom. The fraction of sp³-hybridized carbons (Fsp3) is 0.467. The smallest absolute Gasteiger partial charge is 0.328 e. The second-order valence-electron chi connectivity index (χ2n) is 5.04. The van der Waals surface area contributed by atoms with Crippen LogP contribution in [-0.4, -0.2) is 53.8 Å². The predicted octanol–water partition coefficient (Wildman–Crippen LogP) is 1.07. The number of hydrogen-bond donors (Lipinski definition) is 1. The molecular formula is C15H19NO5. The Bertz CT molecular complexity index is 531. The molecule has 1 aliphatic rings. The fourth-order valence-corrected chi connectivity index (χ4v) is 2.25. The summed E-state index contributed by atoms with van der Waals surface area (Å²) in [7, 11) is 0. The molecule has 0 bridgehead atoms. The van der Waals surface area contributed by atoms with E-state index in [0.717, 1.165) is 5.56 Å². The van der Waals surface area contributed by atoms with Gasteiger partial charge in [0, 0.05) is 6.54 Å². The highest BCUT2D eigenvalue weighted by Gasteiger charge is 2.35. The van der Waals surface area contributed by atoms with Gasteiger partial charge in [0.1, 0.15) is 5.75 Å². The molecule has 1 heterocycles. The molecule has 2 atom stereocenters. The molecule has 1 aromatic rings. The summed E-state index contributed by atoms with van der Waals surface area (Å²) < 4.78 is 10.7. The Hall–Kier alpha value is -2.08. The van der Waals surface area contributed by atoms with Crippen molar-refractivity contribution in [2.75, 3.05) is 19.8 Å². The number of ether oxygens (including phenoxy) is 2. The number of hydrogen-bond acceptors (Lipinski definition) is 4. The van der Waals surface area contributed by atoms with Crippen molar-refractivity contribution >= 4 is 11.9 Å². The zero-order valence-electron chi connectivity index (χ0n) is 12.1. The van der Waals surface area contributed by atoms with Crippen LogP contribution in [0.25, 0.3) is 0 Å². The molecule has 1 fully saturated rings. The maximum atomic E-state index is 12.4. The van der Waals surface area contributed by atoms with E-state index >= 15 is 0 Å². The van der Waals surface area contributed by atoms with E-state index in [-0.39, 0.29) is 19.1 Å². The van der Waals surface area contributed by atoms with Crippen molar-refractivity contribution in [3.63, 3.8) is 0 Å². The summed E-state index contributed by atoms with van der Waals surface area (Å²) >= 11 is 0. The minimum absolute atomic E-state index is 0.0121. The lowest BCUT2D eigenvalue weighted by Crippen LogP contribution is -2.55. The summed E-state index contributed by atoms with van der Waals surface area (Å²) in [5.41, 5.74) is 1.03. The molecule has 0 spiro atoms. The van der Waals surface area contributed by atoms with Crippen LogP contribution < -0.4 is 4.74 Å². The number of carboxylic acid groups (broad SMARTS) is 1. The first-order chi connectivity index (χ1) is 9.99. The van der Waals surface area contributed by atoms with Crippen LogP contribution >= 0.6 is 0 Å². The molecule has 114 valence electrons. The minimum atomic E-state index is -1.06. The lowest BCUT2D eigenvalue weighted by molar-refractivity contribution is -0.161. The van der Waals surface area contributed by atoms with Gasteiger partial charge in [-0.25, -0.2) is 4.79 Å². The summed E-state index contributed by atoms with van der Waals surface area (Å²) in [6, 6.07) is 6.43. The van der Waals surface area contributed by atoms with E-state index < -0.39 is 18.1 Å². The van der Waals surface area contributed by atoms with Gasteiger partial charge in [0.2, 0.25) is 0 Å². The topological polar surface area (TPSA) is 76.1 Å². The van der Waals surface area contributed by atoms with E-state index in [1.54, 1.807) is 13.0 Å². The molecule has 1 saturated heterocycles. The zero-order valence-corrected chi connectivity index (χ0v) is 12.1. The van der Waals surface area contributed by atoms with Crippen molar-refractivity contribution < 1.29 is 24.2 Å². The fourth-order valence-electron chi connectivity index (χ4n) is 2.25. The Morgan fingerprint density at radius 1 is 1.48 bits per heavy atom. The van der Waals surface area contributed by atoms with Crippen LogP contribution in [0.4, 0.5) is 0 Å². The Morgan fingerprint density at radius 2 is 2.24 bits per heavy atom. The Kier molecular flexibility index (Phi) is 4.80. The van der Waals surface area contributed by atoms with Crippen LogP contribution in [0.3, 0.4) is 0 Å². The minimum Gasteiger partial charge on any atom is -0.481 e. The van der Waals surface area contributed by atoms with E-state index in [0.29, 0.717) is 12.4 Å². The van der Waals surface area contributed by atoms with Crippen molar-refractivity contribution in [3.8, 4) is 5.75 Å². The summed E-state index contributed by atoms with van der Waals surface area (Å²) in [4.78, 5) is 24.9. The van der Waals surface area contributed by atoms with Gasteiger partial charge in [-0.3, -0.25) is 4.79 Å². The highest BCUT2D eigenvalue weighted by Crippen LogP contribution is 2.16. The molecule has 1 aromatic carbocycles. The quantitative estimate of drug-likeness (QED) is 0.899. The number of rotatable bonds is 4. The van der Waals surface area contributed by atoms with E-state index in [1.165, 1.54) is 4.90 Å². The first-order valence-corrected chi connectivity index (χ1v) is 6.83. The van der Waals surface area contributed by atoms with Gasteiger partial charge in [0.15, 0.2) is 12.1 Å². The summed E-state index contributed by atoms with van der Waals surface area (Å²) in [6.45, 7) is 4.17. The maximum Gasteiger partial charge on any atom is 0.328 e. The molecule has 0 aliphatic carbocycles. The zero-order chi connectivity index (χ0) is 15.4. The number of amides is 1. The maximum absolute atomic E-state index is 12.4. The van der Waals surface area contributed by atoms with E-state index in [9.17, 15) is 9.59 Å². The molecule has 0 aromatic heterocycles. The second kappa shape index (κ2) is 6.58. The number of carbonyl (C=O) groups excluding carboxylic acids is 1. The molecule has 1 aliphatic heterocycles. The number of aryl methyl sites for hydroxylation is 1. The van der Waals surface area contributed by atoms with Crippen molar-refractivity contribution in [1.29, 1.82) is 0 Å². The Balaban J connectivity index is 2.05. The molecule has 0 saturated carbocycles. The molecule has 6 heteroatoms. The molecule has 1 amide bonds. The van der Waals surface area contributed by atoms with Gasteiger partial charge < -0.3 is 19.5 Å². The largest absolute Gasteiger partial charge is 0.481 e. The first kappa shape index (κ1) is 15.3. The van der Waals surface area contributed by atoms with Crippen molar-refractivity contribution in [2.45, 2.75) is 26.0 Å². The predicted molar refractivity (Wildman–Crippen MR) is 75.2 cm³/mol. The van der Waals surface area contributed by atoms with Crippen molar-refractivity contribution in [3.05, 3.63) is 29.8 Å². The lowest BCUT2D eigenvalue weighted by atomic mass is 10.2. The third kappa shape index (κ3) is 3.72. The van der Waals surface area contributed by atoms with Crippen molar-refractivity contribution in [2.24, 2.45) is 0 Å². The van der Waals surface area contributed by atoms with Crippen LogP contribution in [0.15, 0.2) is 24.3 Å². The van der Waals surface area contributed by atoms with E-state index in [2.05, 4.69) is 0 Å². The molecule has 0 radical (unpaired) electrons. The van der Waals surface area contributed by atoms with Crippen LogP contribution in [0.2, 0.25) is 0 Å². The summed E-state index contributed by atoms with van der Waals surface area (Å²) in [6.07, 6.45) is -0.744. The number of carboxylic acids is 1. The number of carbonyl (C=O) groups is 2. The molecule has 1 N–H and O–H groups in total. The number of morpholine rings is 1. The van der Waals surface area contributed by atoms with Gasteiger partial charge in [0.25, 0.3) is 5.91 Å². The molecule has 6 nitrogen and oxygen atoms in total. The van der Waals surface area contributed by atoms with Crippen LogP contribution in [-0.2, 0) is 14.3 Å². The van der Waals surface area contributed by atoms with Gasteiger partial charge in [0.05, 0.1) is 13.2 Å². The van der Waals surface area contributed by atoms with Crippen molar-refractivity contribution in [1.82, 2.24) is 4.90 Å². The average Bonchev–Trinajstić information content (AvgIpc) is 2.46. The number of aliphatic carboxylic acids is 1. The Labute approximate surface area is 123 Å². The van der Waals surface area contributed by atoms with Gasteiger partial charge in [-0.1, -0.05) is 12.1 Å². The normalized spacial score (nSPS) is 19.9. The van der Waals surface area contributed by atoms with Crippen LogP contribution in [0.5, 0.6) is 5.75 Å². The third-order valence-electron chi connectivity index (χ3n) is 3.35. The van der Waals surface area contributed by atoms with E-state index in [1.807, 2.05) is 25.1 Å². The van der Waals surface area contributed by atoms with Crippen LogP contribution in [0.1, 0.15) is 12.5 Å². The third-order valence-corrected chi connectivity index (χ3v) is 3.35. The van der Waals surface area contributed by atoms with Gasteiger partial charge in [-0.05, 0) is 31.5 Å².